The normalized spacial score (nSPS) is 11.7. The molecule has 0 saturated carbocycles. The first-order chi connectivity index (χ1) is 11.7. The molecule has 0 heterocycles. The highest BCUT2D eigenvalue weighted by atomic mass is 79.9. The van der Waals surface area contributed by atoms with E-state index in [1.807, 2.05) is 30.3 Å². The lowest BCUT2D eigenvalue weighted by molar-refractivity contribution is -0.137. The molecule has 25 heavy (non-hydrogen) atoms. The summed E-state index contributed by atoms with van der Waals surface area (Å²) in [5.41, 5.74) is 1.40. The first-order valence-corrected chi connectivity index (χ1v) is 9.66. The average molecular weight is 430 g/mol. The maximum absolute atomic E-state index is 14.2. The third-order valence-corrected chi connectivity index (χ3v) is 6.35. The average Bonchev–Trinajstić information content (AvgIpc) is 2.55. The van der Waals surface area contributed by atoms with Crippen molar-refractivity contribution < 1.29 is 22.7 Å². The van der Waals surface area contributed by atoms with Crippen LogP contribution in [0.3, 0.4) is 0 Å². The Morgan fingerprint density at radius 1 is 1.24 bits per heavy atom. The van der Waals surface area contributed by atoms with Crippen molar-refractivity contribution in [2.45, 2.75) is 18.2 Å². The maximum atomic E-state index is 14.2. The molecule has 0 unspecified atom stereocenters. The van der Waals surface area contributed by atoms with Gasteiger partial charge in [0.2, 0.25) is 10.0 Å². The van der Waals surface area contributed by atoms with Gasteiger partial charge in [-0.1, -0.05) is 46.3 Å². The van der Waals surface area contributed by atoms with Gasteiger partial charge in [0.05, 0.1) is 0 Å². The summed E-state index contributed by atoms with van der Waals surface area (Å²) in [6.45, 7) is 0.838. The Kier molecular flexibility index (Phi) is 6.31. The summed E-state index contributed by atoms with van der Waals surface area (Å²) in [4.78, 5) is 10.6. The molecule has 0 bridgehead atoms. The summed E-state index contributed by atoms with van der Waals surface area (Å²) < 4.78 is 41.0. The van der Waals surface area contributed by atoms with Gasteiger partial charge in [0.15, 0.2) is 0 Å². The first-order valence-electron chi connectivity index (χ1n) is 7.43. The molecule has 0 spiro atoms. The lowest BCUT2D eigenvalue weighted by Crippen LogP contribution is -2.37. The van der Waals surface area contributed by atoms with E-state index in [1.54, 1.807) is 6.92 Å². The Morgan fingerprint density at radius 3 is 2.48 bits per heavy atom. The number of hydrogen-bond acceptors (Lipinski definition) is 3. The van der Waals surface area contributed by atoms with Crippen LogP contribution in [-0.2, 0) is 21.2 Å². The van der Waals surface area contributed by atoms with E-state index in [0.717, 1.165) is 15.9 Å². The van der Waals surface area contributed by atoms with Crippen LogP contribution in [-0.4, -0.2) is 36.9 Å². The molecule has 0 saturated heterocycles. The van der Waals surface area contributed by atoms with E-state index in [0.29, 0.717) is 16.5 Å². The molecular weight excluding hydrogens is 413 g/mol. The Bertz CT molecular complexity index is 872. The van der Waals surface area contributed by atoms with Crippen molar-refractivity contribution in [3.63, 3.8) is 0 Å². The monoisotopic (exact) mass is 429 g/mol. The molecule has 2 aromatic rings. The number of rotatable bonds is 7. The minimum atomic E-state index is -4.28. The van der Waals surface area contributed by atoms with Crippen molar-refractivity contribution in [2.24, 2.45) is 0 Å². The molecule has 0 amide bonds. The molecule has 0 aliphatic heterocycles. The molecule has 2 rings (SSSR count). The van der Waals surface area contributed by atoms with Gasteiger partial charge in [0.25, 0.3) is 0 Å². The molecule has 134 valence electrons. The van der Waals surface area contributed by atoms with Crippen molar-refractivity contribution in [1.82, 2.24) is 4.31 Å². The molecule has 0 radical (unpaired) electrons. The van der Waals surface area contributed by atoms with Crippen molar-refractivity contribution in [3.8, 4) is 0 Å². The summed E-state index contributed by atoms with van der Waals surface area (Å²) >= 11 is 3.14. The summed E-state index contributed by atoms with van der Waals surface area (Å²) in [5.74, 6) is -2.22. The summed E-state index contributed by atoms with van der Waals surface area (Å²) in [6, 6.07) is 11.3. The predicted octanol–water partition coefficient (Wildman–Crippen LogP) is 3.21. The Morgan fingerprint density at radius 2 is 1.88 bits per heavy atom. The summed E-state index contributed by atoms with van der Waals surface area (Å²) in [7, 11) is -4.28. The molecule has 0 atom stereocenters. The zero-order valence-electron chi connectivity index (χ0n) is 13.4. The zero-order valence-corrected chi connectivity index (χ0v) is 15.8. The number of carbonyl (C=O) groups is 1. The smallest absolute Gasteiger partial charge is 0.318 e. The highest BCUT2D eigenvalue weighted by molar-refractivity contribution is 9.10. The van der Waals surface area contributed by atoms with Gasteiger partial charge >= 0.3 is 5.97 Å². The Labute approximate surface area is 154 Å². The zero-order chi connectivity index (χ0) is 18.6. The molecule has 0 aliphatic carbocycles. The maximum Gasteiger partial charge on any atom is 0.318 e. The number of carboxylic acid groups (broad SMARTS) is 1. The Hall–Kier alpha value is -1.77. The number of aliphatic carboxylic acids is 1. The third-order valence-electron chi connectivity index (χ3n) is 3.64. The quantitative estimate of drug-likeness (QED) is 0.732. The van der Waals surface area contributed by atoms with Crippen molar-refractivity contribution >= 4 is 31.9 Å². The number of aryl methyl sites for hydroxylation is 1. The van der Waals surface area contributed by atoms with Gasteiger partial charge in [0.1, 0.15) is 17.3 Å². The van der Waals surface area contributed by atoms with Crippen LogP contribution in [0.2, 0.25) is 0 Å². The van der Waals surface area contributed by atoms with Crippen LogP contribution in [0, 0.1) is 12.7 Å². The van der Waals surface area contributed by atoms with Gasteiger partial charge in [-0.25, -0.2) is 12.8 Å². The number of halogens is 2. The molecule has 0 aromatic heterocycles. The number of sulfonamides is 1. The van der Waals surface area contributed by atoms with E-state index in [1.165, 1.54) is 6.07 Å². The van der Waals surface area contributed by atoms with Gasteiger partial charge < -0.3 is 5.11 Å². The van der Waals surface area contributed by atoms with Crippen LogP contribution >= 0.6 is 15.9 Å². The van der Waals surface area contributed by atoms with E-state index in [2.05, 4.69) is 15.9 Å². The highest BCUT2D eigenvalue weighted by Gasteiger charge is 2.29. The molecule has 0 fully saturated rings. The van der Waals surface area contributed by atoms with Crippen molar-refractivity contribution in [1.29, 1.82) is 0 Å². The van der Waals surface area contributed by atoms with Gasteiger partial charge in [-0.05, 0) is 36.6 Å². The first kappa shape index (κ1) is 19.6. The molecular formula is C17H17BrFNO4S. The largest absolute Gasteiger partial charge is 0.480 e. The third kappa shape index (κ3) is 4.87. The fourth-order valence-corrected chi connectivity index (χ4v) is 4.14. The number of benzene rings is 2. The fraction of sp³-hybridized carbons (Fsp3) is 0.235. The van der Waals surface area contributed by atoms with Gasteiger partial charge in [-0.2, -0.15) is 4.31 Å². The van der Waals surface area contributed by atoms with E-state index in [9.17, 15) is 17.6 Å². The summed E-state index contributed by atoms with van der Waals surface area (Å²) in [6.07, 6.45) is 0.324. The highest BCUT2D eigenvalue weighted by Crippen LogP contribution is 2.26. The number of nitrogens with zero attached hydrogens (tertiary/aromatic N) is 1. The van der Waals surface area contributed by atoms with E-state index >= 15 is 0 Å². The fourth-order valence-electron chi connectivity index (χ4n) is 2.30. The second-order valence-electron chi connectivity index (χ2n) is 5.50. The van der Waals surface area contributed by atoms with E-state index < -0.39 is 33.3 Å². The standard InChI is InChI=1S/C17H17BrFNO4S/c1-12-9-16(15(19)10-14(12)18)25(23,24)20(11-17(21)22)8-7-13-5-3-2-4-6-13/h2-6,9-10H,7-8,11H2,1H3,(H,21,22). The van der Waals surface area contributed by atoms with E-state index in [-0.39, 0.29) is 6.54 Å². The molecule has 0 aliphatic rings. The molecule has 2 aromatic carbocycles. The summed E-state index contributed by atoms with van der Waals surface area (Å²) in [5, 5.41) is 9.05. The second-order valence-corrected chi connectivity index (χ2v) is 8.26. The van der Waals surface area contributed by atoms with Crippen molar-refractivity contribution in [2.75, 3.05) is 13.1 Å². The molecule has 5 nitrogen and oxygen atoms in total. The Balaban J connectivity index is 2.35. The lowest BCUT2D eigenvalue weighted by atomic mass is 10.1. The predicted molar refractivity (Wildman–Crippen MR) is 95.4 cm³/mol. The minimum absolute atomic E-state index is 0.0623. The van der Waals surface area contributed by atoms with Gasteiger partial charge in [-0.3, -0.25) is 4.79 Å². The van der Waals surface area contributed by atoms with Crippen LogP contribution in [0.25, 0.3) is 0 Å². The number of hydrogen-bond donors (Lipinski definition) is 1. The van der Waals surface area contributed by atoms with Crippen LogP contribution in [0.4, 0.5) is 4.39 Å². The SMILES string of the molecule is Cc1cc(S(=O)(=O)N(CCc2ccccc2)CC(=O)O)c(F)cc1Br. The lowest BCUT2D eigenvalue weighted by Gasteiger charge is -2.21. The molecule has 8 heteroatoms. The minimum Gasteiger partial charge on any atom is -0.480 e. The van der Waals surface area contributed by atoms with Gasteiger partial charge in [0, 0.05) is 11.0 Å². The van der Waals surface area contributed by atoms with Gasteiger partial charge in [-0.15, -0.1) is 0 Å². The number of carboxylic acids is 1. The van der Waals surface area contributed by atoms with Crippen LogP contribution < -0.4 is 0 Å². The van der Waals surface area contributed by atoms with E-state index in [4.69, 9.17) is 5.11 Å². The van der Waals surface area contributed by atoms with Crippen LogP contribution in [0.1, 0.15) is 11.1 Å². The van der Waals surface area contributed by atoms with Crippen LogP contribution in [0.15, 0.2) is 51.8 Å². The van der Waals surface area contributed by atoms with Crippen LogP contribution in [0.5, 0.6) is 0 Å². The second kappa shape index (κ2) is 8.07. The van der Waals surface area contributed by atoms with Crippen molar-refractivity contribution in [3.05, 3.63) is 63.9 Å². The topological polar surface area (TPSA) is 74.7 Å². The molecule has 1 N–H and O–H groups in total.